The van der Waals surface area contributed by atoms with Crippen LogP contribution in [0.25, 0.3) is 0 Å². The second kappa shape index (κ2) is 8.37. The Morgan fingerprint density at radius 2 is 2.12 bits per heavy atom. The largest absolute Gasteiger partial charge is 0.386 e. The molecule has 16 heavy (non-hydrogen) atoms. The third-order valence-corrected chi connectivity index (χ3v) is 1.75. The number of carbonyl (C=O) groups excluding carboxylic acids is 1. The van der Waals surface area contributed by atoms with E-state index in [1.54, 1.807) is 6.92 Å². The van der Waals surface area contributed by atoms with E-state index >= 15 is 0 Å². The summed E-state index contributed by atoms with van der Waals surface area (Å²) in [5.41, 5.74) is 0. The molecular weight excluding hydrogens is 222 g/mol. The lowest BCUT2D eigenvalue weighted by Crippen LogP contribution is -2.43. The first kappa shape index (κ1) is 15.2. The number of carbonyl (C=O) groups is 1. The van der Waals surface area contributed by atoms with Crippen molar-refractivity contribution in [2.75, 3.05) is 26.8 Å². The number of alkyl halides is 2. The van der Waals surface area contributed by atoms with Crippen LogP contribution in [0.5, 0.6) is 0 Å². The second-order valence-electron chi connectivity index (χ2n) is 3.46. The molecule has 2 atom stereocenters. The lowest BCUT2D eigenvalue weighted by atomic mass is 10.3. The zero-order chi connectivity index (χ0) is 12.6. The molecule has 0 saturated heterocycles. The number of aliphatic hydroxyl groups excluding tert-OH is 1. The Labute approximate surface area is 93.2 Å². The lowest BCUT2D eigenvalue weighted by Gasteiger charge is -2.14. The number of hydrogen-bond acceptors (Lipinski definition) is 4. The van der Waals surface area contributed by atoms with E-state index in [1.807, 2.05) is 0 Å². The predicted molar refractivity (Wildman–Crippen MR) is 54.4 cm³/mol. The first-order chi connectivity index (χ1) is 7.47. The van der Waals surface area contributed by atoms with Gasteiger partial charge in [-0.1, -0.05) is 0 Å². The van der Waals surface area contributed by atoms with E-state index in [1.165, 1.54) is 7.11 Å². The smallest absolute Gasteiger partial charge is 0.265 e. The maximum absolute atomic E-state index is 11.9. The van der Waals surface area contributed by atoms with Gasteiger partial charge >= 0.3 is 0 Å². The normalized spacial score (nSPS) is 14.9. The van der Waals surface area contributed by atoms with Crippen LogP contribution >= 0.6 is 0 Å². The maximum Gasteiger partial charge on any atom is 0.265 e. The number of nitrogens with one attached hydrogen (secondary N) is 2. The molecule has 0 aliphatic rings. The summed E-state index contributed by atoms with van der Waals surface area (Å²) in [6, 6.07) is -0.140. The predicted octanol–water partition coefficient (Wildman–Crippen LogP) is -0.647. The van der Waals surface area contributed by atoms with E-state index in [-0.39, 0.29) is 25.0 Å². The number of amides is 1. The summed E-state index contributed by atoms with van der Waals surface area (Å²) < 4.78 is 28.5. The van der Waals surface area contributed by atoms with Crippen molar-refractivity contribution in [2.24, 2.45) is 0 Å². The van der Waals surface area contributed by atoms with Crippen LogP contribution < -0.4 is 10.6 Å². The van der Waals surface area contributed by atoms with Gasteiger partial charge in [-0.2, -0.15) is 0 Å². The highest BCUT2D eigenvalue weighted by molar-refractivity contribution is 5.78. The molecule has 3 N–H and O–H groups in total. The van der Waals surface area contributed by atoms with Gasteiger partial charge in [-0.3, -0.25) is 4.79 Å². The van der Waals surface area contributed by atoms with Crippen LogP contribution in [0.15, 0.2) is 0 Å². The Hall–Kier alpha value is -0.790. The quantitative estimate of drug-likeness (QED) is 0.527. The minimum absolute atomic E-state index is 0.113. The van der Waals surface area contributed by atoms with Crippen LogP contribution in [0.2, 0.25) is 0 Å². The number of halogens is 2. The van der Waals surface area contributed by atoms with Crippen molar-refractivity contribution in [3.63, 3.8) is 0 Å². The van der Waals surface area contributed by atoms with Crippen molar-refractivity contribution in [1.82, 2.24) is 10.6 Å². The van der Waals surface area contributed by atoms with Gasteiger partial charge in [-0.05, 0) is 6.92 Å². The van der Waals surface area contributed by atoms with Gasteiger partial charge < -0.3 is 20.5 Å². The molecule has 0 spiro atoms. The summed E-state index contributed by atoms with van der Waals surface area (Å²) in [4.78, 5) is 11.2. The van der Waals surface area contributed by atoms with E-state index in [0.717, 1.165) is 0 Å². The Morgan fingerprint density at radius 3 is 2.62 bits per heavy atom. The molecule has 0 aliphatic carbocycles. The van der Waals surface area contributed by atoms with Gasteiger partial charge in [0.1, 0.15) is 6.10 Å². The van der Waals surface area contributed by atoms with Crippen molar-refractivity contribution < 1.29 is 23.4 Å². The molecular formula is C9H18F2N2O3. The molecule has 5 nitrogen and oxygen atoms in total. The fourth-order valence-electron chi connectivity index (χ4n) is 1.04. The molecule has 0 saturated carbocycles. The third kappa shape index (κ3) is 7.49. The summed E-state index contributed by atoms with van der Waals surface area (Å²) in [6.07, 6.45) is -4.55. The zero-order valence-electron chi connectivity index (χ0n) is 9.37. The van der Waals surface area contributed by atoms with Crippen molar-refractivity contribution >= 4 is 5.91 Å². The number of aliphatic hydroxyl groups is 1. The van der Waals surface area contributed by atoms with Crippen LogP contribution in [-0.2, 0) is 9.53 Å². The van der Waals surface area contributed by atoms with E-state index < -0.39 is 12.5 Å². The van der Waals surface area contributed by atoms with Crippen LogP contribution in [0.3, 0.4) is 0 Å². The number of rotatable bonds is 8. The van der Waals surface area contributed by atoms with Gasteiger partial charge in [0.25, 0.3) is 6.43 Å². The first-order valence-electron chi connectivity index (χ1n) is 4.92. The fraction of sp³-hybridized carbons (Fsp3) is 0.889. The second-order valence-corrected chi connectivity index (χ2v) is 3.46. The minimum Gasteiger partial charge on any atom is -0.386 e. The highest BCUT2D eigenvalue weighted by Gasteiger charge is 2.16. The van der Waals surface area contributed by atoms with Crippen LogP contribution in [0.1, 0.15) is 6.92 Å². The average molecular weight is 240 g/mol. The summed E-state index contributed by atoms with van der Waals surface area (Å²) in [6.45, 7) is 1.71. The molecule has 0 radical (unpaired) electrons. The van der Waals surface area contributed by atoms with Crippen LogP contribution in [0.4, 0.5) is 8.78 Å². The topological polar surface area (TPSA) is 70.6 Å². The first-order valence-corrected chi connectivity index (χ1v) is 4.92. The molecule has 2 unspecified atom stereocenters. The van der Waals surface area contributed by atoms with Gasteiger partial charge in [0.2, 0.25) is 5.91 Å². The molecule has 0 fully saturated rings. The van der Waals surface area contributed by atoms with Crippen molar-refractivity contribution in [3.8, 4) is 0 Å². The highest BCUT2D eigenvalue weighted by Crippen LogP contribution is 1.97. The monoisotopic (exact) mass is 240 g/mol. The summed E-state index contributed by atoms with van der Waals surface area (Å²) >= 11 is 0. The molecule has 0 heterocycles. The molecule has 0 aromatic rings. The van der Waals surface area contributed by atoms with Crippen molar-refractivity contribution in [3.05, 3.63) is 0 Å². The highest BCUT2D eigenvalue weighted by atomic mass is 19.3. The summed E-state index contributed by atoms with van der Waals surface area (Å²) in [5.74, 6) is -0.328. The molecule has 7 heteroatoms. The van der Waals surface area contributed by atoms with Gasteiger partial charge in [0.15, 0.2) is 0 Å². The number of ether oxygens (including phenoxy) is 1. The van der Waals surface area contributed by atoms with E-state index in [4.69, 9.17) is 9.84 Å². The number of hydrogen-bond donors (Lipinski definition) is 3. The molecule has 1 amide bonds. The SMILES string of the molecule is COCC(C)NC(=O)CNCC(O)C(F)F. The molecule has 0 aromatic heterocycles. The van der Waals surface area contributed by atoms with Gasteiger partial charge in [-0.15, -0.1) is 0 Å². The van der Waals surface area contributed by atoms with E-state index in [0.29, 0.717) is 6.61 Å². The van der Waals surface area contributed by atoms with Gasteiger partial charge in [-0.25, -0.2) is 8.78 Å². The molecule has 0 bridgehead atoms. The third-order valence-electron chi connectivity index (χ3n) is 1.75. The Morgan fingerprint density at radius 1 is 1.50 bits per heavy atom. The average Bonchev–Trinajstić information content (AvgIpc) is 2.17. The van der Waals surface area contributed by atoms with Crippen LogP contribution in [-0.4, -0.2) is 56.4 Å². The standard InChI is InChI=1S/C9H18F2N2O3/c1-6(5-16-2)13-8(15)4-12-3-7(14)9(10)11/h6-7,9,12,14H,3-5H2,1-2H3,(H,13,15). The Bertz CT molecular complexity index is 205. The molecule has 0 rings (SSSR count). The number of methoxy groups -OCH3 is 1. The molecule has 0 aliphatic heterocycles. The lowest BCUT2D eigenvalue weighted by molar-refractivity contribution is -0.121. The van der Waals surface area contributed by atoms with Gasteiger partial charge in [0, 0.05) is 19.7 Å². The Balaban J connectivity index is 3.58. The van der Waals surface area contributed by atoms with Crippen molar-refractivity contribution in [1.29, 1.82) is 0 Å². The van der Waals surface area contributed by atoms with Gasteiger partial charge in [0.05, 0.1) is 13.2 Å². The summed E-state index contributed by atoms with van der Waals surface area (Å²) in [7, 11) is 1.51. The maximum atomic E-state index is 11.9. The molecule has 96 valence electrons. The fourth-order valence-corrected chi connectivity index (χ4v) is 1.04. The summed E-state index contributed by atoms with van der Waals surface area (Å²) in [5, 5.41) is 13.8. The van der Waals surface area contributed by atoms with Crippen molar-refractivity contribution in [2.45, 2.75) is 25.5 Å². The molecule has 0 aromatic carbocycles. The minimum atomic E-state index is -2.80. The Kier molecular flexibility index (Phi) is 7.96. The zero-order valence-corrected chi connectivity index (χ0v) is 9.37. The van der Waals surface area contributed by atoms with Crippen LogP contribution in [0, 0.1) is 0 Å². The van der Waals surface area contributed by atoms with E-state index in [9.17, 15) is 13.6 Å². The van der Waals surface area contributed by atoms with E-state index in [2.05, 4.69) is 10.6 Å².